The minimum absolute atomic E-state index is 0.178. The number of hydrogen-bond donors (Lipinski definition) is 0. The van der Waals surface area contributed by atoms with Crippen LogP contribution in [-0.2, 0) is 9.53 Å². The van der Waals surface area contributed by atoms with Gasteiger partial charge in [-0.15, -0.1) is 11.8 Å². The van der Waals surface area contributed by atoms with E-state index in [2.05, 4.69) is 0 Å². The van der Waals surface area contributed by atoms with Crippen molar-refractivity contribution in [1.82, 2.24) is 0 Å². The van der Waals surface area contributed by atoms with E-state index in [-0.39, 0.29) is 24.4 Å². The number of Topliss-reactive ketones (excluding diaryl/α,β-unsaturated/α-hetero) is 1. The monoisotopic (exact) mass is 420 g/mol. The standard InChI is InChI=1S/C26H28O3S/c1-18(26(28)29-15-7-10-19-8-3-2-4-9-19)20-13-14-23-24(16-20)30-17-21-11-5-6-12-22(21)25(23)27/h2-4,7-10,13-14,16,18,21-22H,5-6,11-12,15,17H2,1H3/b10-7+. The van der Waals surface area contributed by atoms with Gasteiger partial charge in [-0.3, -0.25) is 9.59 Å². The van der Waals surface area contributed by atoms with Crippen LogP contribution in [0.15, 0.2) is 59.5 Å². The summed E-state index contributed by atoms with van der Waals surface area (Å²) in [5, 5.41) is 0. The van der Waals surface area contributed by atoms with E-state index >= 15 is 0 Å². The van der Waals surface area contributed by atoms with E-state index in [1.54, 1.807) is 11.8 Å². The lowest BCUT2D eigenvalue weighted by atomic mass is 9.76. The van der Waals surface area contributed by atoms with E-state index in [1.807, 2.05) is 67.6 Å². The number of thioether (sulfide) groups is 1. The molecule has 0 aromatic heterocycles. The van der Waals surface area contributed by atoms with Gasteiger partial charge in [0.05, 0.1) is 5.92 Å². The second kappa shape index (κ2) is 9.65. The van der Waals surface area contributed by atoms with Gasteiger partial charge in [0.25, 0.3) is 0 Å². The van der Waals surface area contributed by atoms with Gasteiger partial charge < -0.3 is 4.74 Å². The second-order valence-electron chi connectivity index (χ2n) is 8.25. The molecule has 2 aromatic rings. The van der Waals surface area contributed by atoms with Gasteiger partial charge >= 0.3 is 5.97 Å². The molecule has 30 heavy (non-hydrogen) atoms. The first kappa shape index (κ1) is 20.9. The third-order valence-electron chi connectivity index (χ3n) is 6.26. The number of ketones is 1. The first-order valence-electron chi connectivity index (χ1n) is 10.8. The van der Waals surface area contributed by atoms with Crippen molar-refractivity contribution in [2.75, 3.05) is 12.4 Å². The predicted octanol–water partition coefficient (Wildman–Crippen LogP) is 6.14. The lowest BCUT2D eigenvalue weighted by Gasteiger charge is -2.28. The number of ether oxygens (including phenoxy) is 1. The minimum Gasteiger partial charge on any atom is -0.461 e. The van der Waals surface area contributed by atoms with Crippen molar-refractivity contribution >= 4 is 29.6 Å². The van der Waals surface area contributed by atoms with E-state index < -0.39 is 0 Å². The Bertz CT molecular complexity index is 935. The van der Waals surface area contributed by atoms with Gasteiger partial charge in [-0.25, -0.2) is 0 Å². The van der Waals surface area contributed by atoms with Crippen molar-refractivity contribution in [1.29, 1.82) is 0 Å². The molecule has 0 spiro atoms. The quantitative estimate of drug-likeness (QED) is 0.545. The van der Waals surface area contributed by atoms with Crippen molar-refractivity contribution in [2.24, 2.45) is 11.8 Å². The SMILES string of the molecule is CC(C(=O)OC/C=C/c1ccccc1)c1ccc2c(c1)SCC1CCCCC1C2=O. The Morgan fingerprint density at radius 1 is 1.17 bits per heavy atom. The summed E-state index contributed by atoms with van der Waals surface area (Å²) >= 11 is 1.78. The first-order valence-corrected chi connectivity index (χ1v) is 11.8. The van der Waals surface area contributed by atoms with Crippen LogP contribution in [0.4, 0.5) is 0 Å². The number of fused-ring (bicyclic) bond motifs is 2. The lowest BCUT2D eigenvalue weighted by molar-refractivity contribution is -0.143. The number of hydrogen-bond acceptors (Lipinski definition) is 4. The summed E-state index contributed by atoms with van der Waals surface area (Å²) in [4.78, 5) is 26.6. The van der Waals surface area contributed by atoms with Gasteiger partial charge in [0.2, 0.25) is 0 Å². The molecular formula is C26H28O3S. The van der Waals surface area contributed by atoms with Gasteiger partial charge in [0, 0.05) is 22.1 Å². The molecule has 1 aliphatic carbocycles. The molecule has 4 rings (SSSR count). The molecule has 0 saturated heterocycles. The topological polar surface area (TPSA) is 43.4 Å². The Kier molecular flexibility index (Phi) is 6.73. The largest absolute Gasteiger partial charge is 0.461 e. The zero-order chi connectivity index (χ0) is 20.9. The van der Waals surface area contributed by atoms with Crippen LogP contribution < -0.4 is 0 Å². The molecular weight excluding hydrogens is 392 g/mol. The summed E-state index contributed by atoms with van der Waals surface area (Å²) in [5.41, 5.74) is 2.83. The molecule has 0 bridgehead atoms. The van der Waals surface area contributed by atoms with Crippen LogP contribution in [-0.4, -0.2) is 24.1 Å². The molecule has 1 aliphatic heterocycles. The third kappa shape index (κ3) is 4.70. The molecule has 0 radical (unpaired) electrons. The first-order chi connectivity index (χ1) is 14.6. The summed E-state index contributed by atoms with van der Waals surface area (Å²) < 4.78 is 5.45. The summed E-state index contributed by atoms with van der Waals surface area (Å²) in [6.45, 7) is 2.12. The van der Waals surface area contributed by atoms with Crippen molar-refractivity contribution < 1.29 is 14.3 Å². The molecule has 3 atom stereocenters. The number of esters is 1. The van der Waals surface area contributed by atoms with Crippen LogP contribution >= 0.6 is 11.8 Å². The molecule has 3 unspecified atom stereocenters. The Morgan fingerprint density at radius 2 is 1.97 bits per heavy atom. The van der Waals surface area contributed by atoms with Crippen LogP contribution in [0, 0.1) is 11.8 Å². The number of rotatable bonds is 5. The van der Waals surface area contributed by atoms with E-state index in [4.69, 9.17) is 4.74 Å². The minimum atomic E-state index is -0.360. The van der Waals surface area contributed by atoms with Gasteiger partial charge in [0.15, 0.2) is 5.78 Å². The average Bonchev–Trinajstić information content (AvgIpc) is 2.93. The maximum absolute atomic E-state index is 13.1. The molecule has 0 N–H and O–H groups in total. The fourth-order valence-corrected chi connectivity index (χ4v) is 5.76. The number of carbonyl (C=O) groups is 2. The van der Waals surface area contributed by atoms with Crippen LogP contribution in [0.1, 0.15) is 60.0 Å². The van der Waals surface area contributed by atoms with E-state index in [1.165, 1.54) is 6.42 Å². The maximum atomic E-state index is 13.1. The third-order valence-corrected chi connectivity index (χ3v) is 7.50. The van der Waals surface area contributed by atoms with Gasteiger partial charge in [-0.05, 0) is 55.0 Å². The van der Waals surface area contributed by atoms with Crippen molar-refractivity contribution in [3.8, 4) is 0 Å². The number of carbonyl (C=O) groups excluding carboxylic acids is 2. The highest BCUT2D eigenvalue weighted by Crippen LogP contribution is 2.42. The van der Waals surface area contributed by atoms with Crippen LogP contribution in [0.5, 0.6) is 0 Å². The zero-order valence-electron chi connectivity index (χ0n) is 17.4. The highest BCUT2D eigenvalue weighted by Gasteiger charge is 2.35. The van der Waals surface area contributed by atoms with Gasteiger partial charge in [0.1, 0.15) is 6.61 Å². The van der Waals surface area contributed by atoms with Gasteiger partial charge in [-0.1, -0.05) is 55.3 Å². The molecule has 3 nitrogen and oxygen atoms in total. The summed E-state index contributed by atoms with van der Waals surface area (Å²) in [6, 6.07) is 15.8. The van der Waals surface area contributed by atoms with Crippen molar-refractivity contribution in [2.45, 2.75) is 43.4 Å². The molecule has 2 aliphatic rings. The molecule has 1 heterocycles. The predicted molar refractivity (Wildman–Crippen MR) is 122 cm³/mol. The molecule has 1 fully saturated rings. The van der Waals surface area contributed by atoms with E-state index in [0.29, 0.717) is 11.7 Å². The second-order valence-corrected chi connectivity index (χ2v) is 9.31. The fourth-order valence-electron chi connectivity index (χ4n) is 4.42. The fraction of sp³-hybridized carbons (Fsp3) is 0.385. The summed E-state index contributed by atoms with van der Waals surface area (Å²) in [7, 11) is 0. The van der Waals surface area contributed by atoms with E-state index in [0.717, 1.165) is 46.6 Å². The smallest absolute Gasteiger partial charge is 0.313 e. The summed E-state index contributed by atoms with van der Waals surface area (Å²) in [6.07, 6.45) is 8.37. The Labute approximate surface area is 182 Å². The normalized spacial score (nSPS) is 22.1. The van der Waals surface area contributed by atoms with Crippen molar-refractivity contribution in [3.63, 3.8) is 0 Å². The highest BCUT2D eigenvalue weighted by molar-refractivity contribution is 7.99. The highest BCUT2D eigenvalue weighted by atomic mass is 32.2. The molecule has 156 valence electrons. The zero-order valence-corrected chi connectivity index (χ0v) is 18.2. The Balaban J connectivity index is 1.40. The van der Waals surface area contributed by atoms with Crippen molar-refractivity contribution in [3.05, 3.63) is 71.3 Å². The van der Waals surface area contributed by atoms with Crippen LogP contribution in [0.2, 0.25) is 0 Å². The van der Waals surface area contributed by atoms with Gasteiger partial charge in [-0.2, -0.15) is 0 Å². The Morgan fingerprint density at radius 3 is 2.80 bits per heavy atom. The summed E-state index contributed by atoms with van der Waals surface area (Å²) in [5.74, 6) is 1.36. The molecule has 4 heteroatoms. The van der Waals surface area contributed by atoms with Crippen LogP contribution in [0.3, 0.4) is 0 Å². The maximum Gasteiger partial charge on any atom is 0.313 e. The lowest BCUT2D eigenvalue weighted by Crippen LogP contribution is -2.27. The molecule has 1 saturated carbocycles. The molecule has 0 amide bonds. The average molecular weight is 421 g/mol. The van der Waals surface area contributed by atoms with Crippen LogP contribution in [0.25, 0.3) is 6.08 Å². The Hall–Kier alpha value is -2.33. The molecule has 2 aromatic carbocycles. The van der Waals surface area contributed by atoms with E-state index in [9.17, 15) is 9.59 Å². The number of benzene rings is 2.